The maximum atomic E-state index is 6.36. The normalized spacial score (nSPS) is 13.3. The third-order valence-corrected chi connectivity index (χ3v) is 7.56. The van der Waals surface area contributed by atoms with Gasteiger partial charge < -0.3 is 24.4 Å². The zero-order valence-electron chi connectivity index (χ0n) is 23.5. The van der Waals surface area contributed by atoms with Gasteiger partial charge in [-0.3, -0.25) is 0 Å². The largest absolute Gasteiger partial charge is 0.493 e. The molecule has 0 atom stereocenters. The Balaban J connectivity index is 1.32. The molecule has 10 nitrogen and oxygen atoms in total. The van der Waals surface area contributed by atoms with Gasteiger partial charge in [-0.1, -0.05) is 41.4 Å². The molecule has 1 fully saturated rings. The lowest BCUT2D eigenvalue weighted by Gasteiger charge is -2.27. The van der Waals surface area contributed by atoms with Crippen LogP contribution in [0.25, 0.3) is 0 Å². The topological polar surface area (TPSA) is 106 Å². The Morgan fingerprint density at radius 2 is 1.76 bits per heavy atom. The molecule has 12 heteroatoms. The van der Waals surface area contributed by atoms with E-state index in [2.05, 4.69) is 77.9 Å². The molecule has 42 heavy (non-hydrogen) atoms. The van der Waals surface area contributed by atoms with Crippen molar-refractivity contribution in [3.63, 3.8) is 0 Å². The Bertz CT molecular complexity index is 1560. The van der Waals surface area contributed by atoms with Crippen LogP contribution in [0.1, 0.15) is 22.3 Å². The van der Waals surface area contributed by atoms with E-state index in [1.807, 2.05) is 42.2 Å². The number of ether oxygens (including phenoxy) is 3. The highest BCUT2D eigenvalue weighted by molar-refractivity contribution is 9.10. The Labute approximate surface area is 258 Å². The van der Waals surface area contributed by atoms with Crippen LogP contribution in [0, 0.1) is 13.8 Å². The molecule has 0 amide bonds. The van der Waals surface area contributed by atoms with Crippen LogP contribution in [-0.4, -0.2) is 54.6 Å². The van der Waals surface area contributed by atoms with Crippen LogP contribution in [0.3, 0.4) is 0 Å². The zero-order valence-corrected chi connectivity index (χ0v) is 25.9. The highest BCUT2D eigenvalue weighted by Gasteiger charge is 2.17. The van der Waals surface area contributed by atoms with Crippen LogP contribution in [0.4, 0.5) is 23.5 Å². The molecule has 0 radical (unpaired) electrons. The number of hydrogen-bond donors (Lipinski definition) is 2. The summed E-state index contributed by atoms with van der Waals surface area (Å²) in [4.78, 5) is 15.8. The summed E-state index contributed by atoms with van der Waals surface area (Å²) >= 11 is 9.94. The van der Waals surface area contributed by atoms with Gasteiger partial charge in [0.15, 0.2) is 11.5 Å². The number of halogens is 2. The van der Waals surface area contributed by atoms with E-state index in [0.717, 1.165) is 26.9 Å². The summed E-state index contributed by atoms with van der Waals surface area (Å²) in [6.45, 7) is 6.98. The summed E-state index contributed by atoms with van der Waals surface area (Å²) in [7, 11) is 1.61. The van der Waals surface area contributed by atoms with Gasteiger partial charge in [0.25, 0.3) is 0 Å². The van der Waals surface area contributed by atoms with E-state index in [1.165, 1.54) is 5.56 Å². The van der Waals surface area contributed by atoms with E-state index >= 15 is 0 Å². The van der Waals surface area contributed by atoms with Crippen molar-refractivity contribution in [3.05, 3.63) is 86.3 Å². The average Bonchev–Trinajstić information content (AvgIpc) is 3.00. The summed E-state index contributed by atoms with van der Waals surface area (Å²) in [6, 6.07) is 17.6. The van der Waals surface area contributed by atoms with Crippen molar-refractivity contribution in [3.8, 4) is 11.5 Å². The minimum absolute atomic E-state index is 0.282. The van der Waals surface area contributed by atoms with Crippen molar-refractivity contribution in [2.75, 3.05) is 49.1 Å². The smallest absolute Gasteiger partial charge is 0.250 e. The van der Waals surface area contributed by atoms with Crippen LogP contribution in [0.5, 0.6) is 11.5 Å². The van der Waals surface area contributed by atoms with Crippen molar-refractivity contribution >= 4 is 57.3 Å². The van der Waals surface area contributed by atoms with Crippen molar-refractivity contribution in [1.29, 1.82) is 0 Å². The fourth-order valence-electron chi connectivity index (χ4n) is 4.13. The molecule has 3 aromatic carbocycles. The summed E-state index contributed by atoms with van der Waals surface area (Å²) in [5.74, 6) is 2.40. The molecular formula is C30H31BrClN7O3. The number of hydrogen-bond acceptors (Lipinski definition) is 10. The summed E-state index contributed by atoms with van der Waals surface area (Å²) < 4.78 is 17.9. The number of aromatic nitrogens is 3. The summed E-state index contributed by atoms with van der Waals surface area (Å²) in [5.41, 5.74) is 7.72. The number of rotatable bonds is 10. The molecule has 218 valence electrons. The Kier molecular flexibility index (Phi) is 9.73. The average molecular weight is 653 g/mol. The first-order chi connectivity index (χ1) is 20.4. The van der Waals surface area contributed by atoms with Crippen molar-refractivity contribution in [2.45, 2.75) is 20.5 Å². The molecule has 0 spiro atoms. The highest BCUT2D eigenvalue weighted by atomic mass is 79.9. The van der Waals surface area contributed by atoms with Crippen LogP contribution < -0.4 is 25.1 Å². The lowest BCUT2D eigenvalue weighted by Crippen LogP contribution is -2.37. The first-order valence-electron chi connectivity index (χ1n) is 13.3. The van der Waals surface area contributed by atoms with E-state index < -0.39 is 0 Å². The van der Waals surface area contributed by atoms with Crippen LogP contribution in [0.2, 0.25) is 5.02 Å². The Morgan fingerprint density at radius 1 is 1.00 bits per heavy atom. The molecule has 2 heterocycles. The van der Waals surface area contributed by atoms with Gasteiger partial charge in [-0.25, -0.2) is 5.43 Å². The van der Waals surface area contributed by atoms with Crippen molar-refractivity contribution < 1.29 is 14.2 Å². The molecule has 4 aromatic rings. The summed E-state index contributed by atoms with van der Waals surface area (Å²) in [5, 5.41) is 8.25. The fourth-order valence-corrected chi connectivity index (χ4v) is 4.85. The second kappa shape index (κ2) is 13.8. The predicted octanol–water partition coefficient (Wildman–Crippen LogP) is 6.52. The van der Waals surface area contributed by atoms with Gasteiger partial charge in [-0.05, 0) is 76.8 Å². The minimum atomic E-state index is 0.282. The van der Waals surface area contributed by atoms with E-state index in [0.29, 0.717) is 61.3 Å². The number of benzene rings is 3. The molecular weight excluding hydrogens is 622 g/mol. The van der Waals surface area contributed by atoms with Gasteiger partial charge >= 0.3 is 0 Å². The second-order valence-corrected chi connectivity index (χ2v) is 10.9. The van der Waals surface area contributed by atoms with Gasteiger partial charge in [0, 0.05) is 22.6 Å². The maximum Gasteiger partial charge on any atom is 0.250 e. The second-order valence-electron chi connectivity index (χ2n) is 9.64. The van der Waals surface area contributed by atoms with Crippen molar-refractivity contribution in [2.24, 2.45) is 5.10 Å². The van der Waals surface area contributed by atoms with Gasteiger partial charge in [-0.2, -0.15) is 20.1 Å². The number of morpholine rings is 1. The number of aryl methyl sites for hydroxylation is 2. The number of anilines is 4. The van der Waals surface area contributed by atoms with Gasteiger partial charge in [0.2, 0.25) is 17.8 Å². The zero-order chi connectivity index (χ0) is 29.5. The molecule has 1 saturated heterocycles. The van der Waals surface area contributed by atoms with E-state index in [4.69, 9.17) is 25.8 Å². The first kappa shape index (κ1) is 29.6. The van der Waals surface area contributed by atoms with Gasteiger partial charge in [0.1, 0.15) is 6.61 Å². The third kappa shape index (κ3) is 7.67. The molecule has 1 aliphatic heterocycles. The lowest BCUT2D eigenvalue weighted by molar-refractivity contribution is 0.122. The Hall–Kier alpha value is -3.93. The predicted molar refractivity (Wildman–Crippen MR) is 170 cm³/mol. The Morgan fingerprint density at radius 3 is 2.52 bits per heavy atom. The summed E-state index contributed by atoms with van der Waals surface area (Å²) in [6.07, 6.45) is 1.66. The number of nitrogens with one attached hydrogen (secondary N) is 2. The number of hydrazone groups is 1. The molecule has 0 bridgehead atoms. The number of methoxy groups -OCH3 is 1. The number of nitrogens with zero attached hydrogens (tertiary/aromatic N) is 5. The molecule has 5 rings (SSSR count). The molecule has 0 aliphatic carbocycles. The molecule has 1 aliphatic rings. The van der Waals surface area contributed by atoms with Crippen LogP contribution >= 0.6 is 27.5 Å². The fraction of sp³-hybridized carbons (Fsp3) is 0.267. The molecule has 0 unspecified atom stereocenters. The van der Waals surface area contributed by atoms with Crippen LogP contribution in [-0.2, 0) is 11.3 Å². The van der Waals surface area contributed by atoms with E-state index in [-0.39, 0.29) is 5.95 Å². The van der Waals surface area contributed by atoms with E-state index in [1.54, 1.807) is 13.3 Å². The van der Waals surface area contributed by atoms with Gasteiger partial charge in [-0.15, -0.1) is 0 Å². The van der Waals surface area contributed by atoms with Crippen molar-refractivity contribution in [1.82, 2.24) is 15.0 Å². The highest BCUT2D eigenvalue weighted by Crippen LogP contribution is 2.31. The molecule has 2 N–H and O–H groups in total. The van der Waals surface area contributed by atoms with Crippen LogP contribution in [0.15, 0.2) is 64.2 Å². The molecule has 1 aromatic heterocycles. The maximum absolute atomic E-state index is 6.36. The standard InChI is InChI=1S/C30H31BrClN7O3/c1-19-4-6-21(7-5-19)18-42-26-9-8-22(15-27(26)40-3)17-33-38-29-35-28(34-25-16-24(32)20(2)14-23(25)31)36-30(37-29)39-10-12-41-13-11-39/h4-9,14-17H,10-13,18H2,1-3H3,(H2,34,35,36,37,38). The quantitative estimate of drug-likeness (QED) is 0.146. The lowest BCUT2D eigenvalue weighted by atomic mass is 10.2. The first-order valence-corrected chi connectivity index (χ1v) is 14.5. The molecule has 0 saturated carbocycles. The van der Waals surface area contributed by atoms with Gasteiger partial charge in [0.05, 0.1) is 32.2 Å². The minimum Gasteiger partial charge on any atom is -0.493 e. The SMILES string of the molecule is COc1cc(C=NNc2nc(Nc3cc(Cl)c(C)cc3Br)nc(N3CCOCC3)n2)ccc1OCc1ccc(C)cc1. The monoisotopic (exact) mass is 651 g/mol. The third-order valence-electron chi connectivity index (χ3n) is 6.49. The van der Waals surface area contributed by atoms with E-state index in [9.17, 15) is 0 Å².